The van der Waals surface area contributed by atoms with Crippen molar-refractivity contribution in [1.82, 2.24) is 0 Å². The first kappa shape index (κ1) is 25.8. The van der Waals surface area contributed by atoms with Gasteiger partial charge in [-0.25, -0.2) is 9.59 Å². The Balaban J connectivity index is 2.91. The zero-order chi connectivity index (χ0) is 21.9. The average molecular weight is 760 g/mol. The topological polar surface area (TPSA) is 107 Å². The van der Waals surface area contributed by atoms with Gasteiger partial charge in [-0.3, -0.25) is 4.55 Å². The number of hydrogen-bond acceptors (Lipinski definition) is 6. The summed E-state index contributed by atoms with van der Waals surface area (Å²) in [5, 5.41) is 0. The molecule has 1 N–H and O–H groups in total. The molecule has 1 aromatic carbocycles. The number of esters is 2. The second-order valence-corrected chi connectivity index (χ2v) is 10.4. The van der Waals surface area contributed by atoms with Crippen LogP contribution in [-0.2, 0) is 24.4 Å². The van der Waals surface area contributed by atoms with Crippen molar-refractivity contribution in [3.05, 3.63) is 35.0 Å². The normalized spacial score (nSPS) is 14.6. The Labute approximate surface area is 198 Å². The standard InChI is InChI=1S/C14H10F3I3O7S/c1-13(14(15,16)17,6-28(23,24)25)27-11(22)3-2-10(21)26-12-8(19)4-7(18)5-9(12)20/h2-5H,6H2,1H3,(H,23,24,25)/b3-2+. The number of carbonyl (C=O) groups excluding carboxylic acids is 2. The number of halogens is 6. The Morgan fingerprint density at radius 1 is 1.11 bits per heavy atom. The van der Waals surface area contributed by atoms with Gasteiger partial charge in [-0.15, -0.1) is 0 Å². The van der Waals surface area contributed by atoms with Crippen LogP contribution in [0.4, 0.5) is 13.2 Å². The van der Waals surface area contributed by atoms with Crippen LogP contribution in [0, 0.1) is 10.7 Å². The number of carbonyl (C=O) groups is 2. The van der Waals surface area contributed by atoms with E-state index in [1.165, 1.54) is 0 Å². The van der Waals surface area contributed by atoms with E-state index in [0.717, 1.165) is 3.57 Å². The van der Waals surface area contributed by atoms with Crippen molar-refractivity contribution in [3.63, 3.8) is 0 Å². The number of benzene rings is 1. The molecule has 28 heavy (non-hydrogen) atoms. The second kappa shape index (κ2) is 9.73. The van der Waals surface area contributed by atoms with Crippen molar-refractivity contribution >= 4 is 89.8 Å². The average Bonchev–Trinajstić information content (AvgIpc) is 2.45. The largest absolute Gasteiger partial charge is 0.445 e. The maximum atomic E-state index is 13.0. The molecule has 0 aliphatic heterocycles. The fourth-order valence-corrected chi connectivity index (χ4v) is 6.39. The molecular formula is C14H10F3I3O7S. The van der Waals surface area contributed by atoms with E-state index in [1.54, 1.807) is 12.1 Å². The number of hydrogen-bond donors (Lipinski definition) is 1. The monoisotopic (exact) mass is 760 g/mol. The summed E-state index contributed by atoms with van der Waals surface area (Å²) in [6.45, 7) is 0.279. The lowest BCUT2D eigenvalue weighted by Gasteiger charge is -2.29. The summed E-state index contributed by atoms with van der Waals surface area (Å²) in [5.74, 6) is -4.40. The van der Waals surface area contributed by atoms with Crippen LogP contribution in [0.3, 0.4) is 0 Å². The van der Waals surface area contributed by atoms with Crippen LogP contribution in [0.5, 0.6) is 5.75 Å². The van der Waals surface area contributed by atoms with Gasteiger partial charge in [0.15, 0.2) is 5.75 Å². The summed E-state index contributed by atoms with van der Waals surface area (Å²) in [6, 6.07) is 3.43. The Kier molecular flexibility index (Phi) is 8.98. The Morgan fingerprint density at radius 3 is 2.00 bits per heavy atom. The molecule has 7 nitrogen and oxygen atoms in total. The number of rotatable bonds is 6. The summed E-state index contributed by atoms with van der Waals surface area (Å²) in [7, 11) is -5.11. The summed E-state index contributed by atoms with van der Waals surface area (Å²) >= 11 is 5.89. The Hall–Kier alpha value is -0.210. The molecule has 0 radical (unpaired) electrons. The zero-order valence-corrected chi connectivity index (χ0v) is 20.9. The lowest BCUT2D eigenvalue weighted by molar-refractivity contribution is -0.253. The Morgan fingerprint density at radius 2 is 1.57 bits per heavy atom. The van der Waals surface area contributed by atoms with E-state index in [2.05, 4.69) is 27.3 Å². The van der Waals surface area contributed by atoms with Gasteiger partial charge in [0.05, 0.1) is 7.14 Å². The van der Waals surface area contributed by atoms with E-state index in [4.69, 9.17) is 9.29 Å². The summed E-state index contributed by atoms with van der Waals surface area (Å²) in [5.41, 5.74) is -3.51. The molecule has 156 valence electrons. The van der Waals surface area contributed by atoms with E-state index in [1.807, 2.05) is 45.2 Å². The number of alkyl halides is 3. The van der Waals surface area contributed by atoms with Crippen LogP contribution < -0.4 is 4.74 Å². The van der Waals surface area contributed by atoms with E-state index in [-0.39, 0.29) is 12.7 Å². The third kappa shape index (κ3) is 7.90. The third-order valence-electron chi connectivity index (χ3n) is 2.90. The maximum absolute atomic E-state index is 13.0. The minimum atomic E-state index is -5.29. The van der Waals surface area contributed by atoms with E-state index < -0.39 is 39.6 Å². The van der Waals surface area contributed by atoms with Crippen molar-refractivity contribution < 1.29 is 45.2 Å². The van der Waals surface area contributed by atoms with E-state index in [9.17, 15) is 31.2 Å². The first-order valence-corrected chi connectivity index (χ1v) is 11.7. The molecule has 1 aromatic rings. The van der Waals surface area contributed by atoms with Crippen molar-refractivity contribution in [3.8, 4) is 5.75 Å². The number of ether oxygens (including phenoxy) is 2. The molecule has 0 amide bonds. The molecule has 0 fully saturated rings. The molecule has 1 atom stereocenters. The van der Waals surface area contributed by atoms with E-state index >= 15 is 0 Å². The van der Waals surface area contributed by atoms with Gasteiger partial charge >= 0.3 is 18.1 Å². The summed E-state index contributed by atoms with van der Waals surface area (Å²) in [4.78, 5) is 23.4. The SMILES string of the molecule is CC(CS(=O)(=O)O)(OC(=O)/C=C/C(=O)Oc1c(I)cc(I)cc1I)C(F)(F)F. The summed E-state index contributed by atoms with van der Waals surface area (Å²) in [6.07, 6.45) is -4.39. The van der Waals surface area contributed by atoms with Crippen LogP contribution in [0.15, 0.2) is 24.3 Å². The molecule has 0 saturated carbocycles. The molecule has 0 heterocycles. The van der Waals surface area contributed by atoms with Crippen molar-refractivity contribution in [1.29, 1.82) is 0 Å². The Bertz CT molecular complexity index is 892. The van der Waals surface area contributed by atoms with Crippen LogP contribution in [0.2, 0.25) is 0 Å². The first-order chi connectivity index (χ1) is 12.5. The van der Waals surface area contributed by atoms with Crippen molar-refractivity contribution in [2.24, 2.45) is 0 Å². The van der Waals surface area contributed by atoms with Crippen LogP contribution in [0.1, 0.15) is 6.92 Å². The molecule has 1 unspecified atom stereocenters. The van der Waals surface area contributed by atoms with Gasteiger partial charge in [0.25, 0.3) is 10.1 Å². The van der Waals surface area contributed by atoms with Crippen molar-refractivity contribution in [2.45, 2.75) is 18.7 Å². The predicted molar refractivity (Wildman–Crippen MR) is 116 cm³/mol. The molecule has 0 spiro atoms. The van der Waals surface area contributed by atoms with Gasteiger partial charge in [0.2, 0.25) is 5.60 Å². The van der Waals surface area contributed by atoms with Crippen LogP contribution >= 0.6 is 67.8 Å². The fourth-order valence-electron chi connectivity index (χ4n) is 1.67. The molecule has 0 bridgehead atoms. The van der Waals surface area contributed by atoms with Gasteiger partial charge in [0.1, 0.15) is 5.75 Å². The summed E-state index contributed by atoms with van der Waals surface area (Å²) < 4.78 is 80.6. The van der Waals surface area contributed by atoms with Crippen LogP contribution in [-0.4, -0.2) is 42.4 Å². The second-order valence-electron chi connectivity index (χ2n) is 5.33. The van der Waals surface area contributed by atoms with Crippen molar-refractivity contribution in [2.75, 3.05) is 5.75 Å². The first-order valence-electron chi connectivity index (χ1n) is 6.83. The van der Waals surface area contributed by atoms with Crippen LogP contribution in [0.25, 0.3) is 0 Å². The molecule has 0 aromatic heterocycles. The van der Waals surface area contributed by atoms with Gasteiger partial charge in [-0.1, -0.05) is 0 Å². The predicted octanol–water partition coefficient (Wildman–Crippen LogP) is 3.71. The molecule has 0 aliphatic carbocycles. The lowest BCUT2D eigenvalue weighted by Crippen LogP contribution is -2.51. The highest BCUT2D eigenvalue weighted by Gasteiger charge is 2.56. The van der Waals surface area contributed by atoms with Gasteiger partial charge in [-0.2, -0.15) is 21.6 Å². The molecule has 1 rings (SSSR count). The molecular weight excluding hydrogens is 750 g/mol. The zero-order valence-electron chi connectivity index (χ0n) is 13.6. The molecule has 14 heteroatoms. The fraction of sp³-hybridized carbons (Fsp3) is 0.286. The smallest absolute Gasteiger partial charge is 0.429 e. The highest BCUT2D eigenvalue weighted by molar-refractivity contribution is 14.1. The highest BCUT2D eigenvalue weighted by Crippen LogP contribution is 2.35. The lowest BCUT2D eigenvalue weighted by atomic mass is 10.1. The van der Waals surface area contributed by atoms with Gasteiger partial charge in [0, 0.05) is 15.7 Å². The molecule has 0 aliphatic rings. The van der Waals surface area contributed by atoms with Gasteiger partial charge < -0.3 is 9.47 Å². The molecule has 0 saturated heterocycles. The minimum Gasteiger partial charge on any atom is -0.445 e. The quantitative estimate of drug-likeness (QED) is 0.155. The van der Waals surface area contributed by atoms with E-state index in [0.29, 0.717) is 19.3 Å². The highest BCUT2D eigenvalue weighted by atomic mass is 127. The minimum absolute atomic E-state index is 0.205. The third-order valence-corrected chi connectivity index (χ3v) is 6.05. The maximum Gasteiger partial charge on any atom is 0.429 e. The van der Waals surface area contributed by atoms with Gasteiger partial charge in [-0.05, 0) is 86.8 Å².